The van der Waals surface area contributed by atoms with E-state index in [1.165, 1.54) is 12.3 Å². The summed E-state index contributed by atoms with van der Waals surface area (Å²) in [6.07, 6.45) is 5.96. The minimum Gasteiger partial charge on any atom is -0.328 e. The first-order chi connectivity index (χ1) is 8.16. The maximum Gasteiger partial charge on any atom is 0.227 e. The lowest BCUT2D eigenvalue weighted by Crippen LogP contribution is -2.34. The van der Waals surface area contributed by atoms with E-state index in [0.717, 1.165) is 25.5 Å². The van der Waals surface area contributed by atoms with E-state index in [0.29, 0.717) is 6.42 Å². The van der Waals surface area contributed by atoms with Gasteiger partial charge in [0.2, 0.25) is 5.91 Å². The van der Waals surface area contributed by atoms with E-state index in [1.807, 2.05) is 0 Å². The highest BCUT2D eigenvalue weighted by atomic mass is 19.1. The van der Waals surface area contributed by atoms with Gasteiger partial charge in [-0.05, 0) is 25.3 Å². The van der Waals surface area contributed by atoms with Gasteiger partial charge >= 0.3 is 0 Å². The number of aromatic nitrogens is 1. The average Bonchev–Trinajstić information content (AvgIpc) is 2.32. The van der Waals surface area contributed by atoms with Gasteiger partial charge in [0, 0.05) is 18.2 Å². The maximum atomic E-state index is 13.3. The minimum atomic E-state index is -0.513. The predicted octanol–water partition coefficient (Wildman–Crippen LogP) is 1.68. The van der Waals surface area contributed by atoms with Gasteiger partial charge in [-0.1, -0.05) is 6.42 Å². The molecule has 1 saturated carbocycles. The Morgan fingerprint density at radius 2 is 2.35 bits per heavy atom. The molecule has 0 radical (unpaired) electrons. The molecule has 1 heterocycles. The Labute approximate surface area is 99.4 Å². The number of nitrogens with two attached hydrogens (primary N) is 1. The molecule has 0 bridgehead atoms. The van der Waals surface area contributed by atoms with Crippen molar-refractivity contribution in [1.29, 1.82) is 0 Å². The van der Waals surface area contributed by atoms with Gasteiger partial charge in [0.25, 0.3) is 0 Å². The molecule has 3 N–H and O–H groups in total. The van der Waals surface area contributed by atoms with Crippen LogP contribution in [-0.2, 0) is 4.79 Å². The summed E-state index contributed by atoms with van der Waals surface area (Å²) < 4.78 is 13.3. The van der Waals surface area contributed by atoms with Crippen molar-refractivity contribution in [3.8, 4) is 0 Å². The second-order valence-electron chi connectivity index (χ2n) is 4.47. The molecule has 1 aliphatic rings. The van der Waals surface area contributed by atoms with Crippen LogP contribution in [0.1, 0.15) is 25.7 Å². The third-order valence-electron chi connectivity index (χ3n) is 3.12. The molecule has 4 nitrogen and oxygen atoms in total. The van der Waals surface area contributed by atoms with Crippen LogP contribution in [0.4, 0.5) is 10.1 Å². The fourth-order valence-corrected chi connectivity index (χ4v) is 2.18. The smallest absolute Gasteiger partial charge is 0.227 e. The van der Waals surface area contributed by atoms with Crippen molar-refractivity contribution < 1.29 is 9.18 Å². The van der Waals surface area contributed by atoms with Crippen molar-refractivity contribution in [2.24, 2.45) is 11.7 Å². The van der Waals surface area contributed by atoms with Crippen molar-refractivity contribution in [2.45, 2.75) is 31.7 Å². The van der Waals surface area contributed by atoms with E-state index in [-0.39, 0.29) is 23.6 Å². The van der Waals surface area contributed by atoms with Gasteiger partial charge in [-0.3, -0.25) is 9.78 Å². The average molecular weight is 237 g/mol. The molecule has 2 rings (SSSR count). The van der Waals surface area contributed by atoms with Gasteiger partial charge in [-0.2, -0.15) is 0 Å². The largest absolute Gasteiger partial charge is 0.328 e. The number of hydrogen-bond donors (Lipinski definition) is 2. The van der Waals surface area contributed by atoms with Gasteiger partial charge in [-0.25, -0.2) is 4.39 Å². The van der Waals surface area contributed by atoms with Crippen LogP contribution in [-0.4, -0.2) is 16.9 Å². The number of rotatable bonds is 2. The highest BCUT2D eigenvalue weighted by Gasteiger charge is 2.25. The molecule has 0 aromatic carbocycles. The lowest BCUT2D eigenvalue weighted by atomic mass is 9.85. The molecule has 1 aliphatic carbocycles. The molecule has 2 atom stereocenters. The number of carbonyl (C=O) groups is 1. The number of halogens is 1. The van der Waals surface area contributed by atoms with Crippen LogP contribution < -0.4 is 11.1 Å². The summed E-state index contributed by atoms with van der Waals surface area (Å²) in [5, 5.41) is 2.59. The molecule has 1 aromatic heterocycles. The van der Waals surface area contributed by atoms with Crippen LogP contribution in [0.25, 0.3) is 0 Å². The summed E-state index contributed by atoms with van der Waals surface area (Å²) in [6.45, 7) is 0. The number of nitrogens with zero attached hydrogens (tertiary/aromatic N) is 1. The molecule has 1 aromatic rings. The Kier molecular flexibility index (Phi) is 3.68. The Morgan fingerprint density at radius 1 is 1.53 bits per heavy atom. The zero-order valence-electron chi connectivity index (χ0n) is 9.53. The van der Waals surface area contributed by atoms with Gasteiger partial charge in [0.1, 0.15) is 0 Å². The van der Waals surface area contributed by atoms with Crippen molar-refractivity contribution in [3.63, 3.8) is 0 Å². The van der Waals surface area contributed by atoms with Crippen LogP contribution in [0.2, 0.25) is 0 Å². The molecule has 5 heteroatoms. The second kappa shape index (κ2) is 5.23. The van der Waals surface area contributed by atoms with Gasteiger partial charge in [0.15, 0.2) is 5.82 Å². The molecule has 1 amide bonds. The standard InChI is InChI=1S/C12H16FN3O/c13-10-7-15-5-4-11(10)16-12(17)8-2-1-3-9(14)6-8/h4-5,7-9H,1-3,6,14H2,(H,15,16,17). The fraction of sp³-hybridized carbons (Fsp3) is 0.500. The third kappa shape index (κ3) is 3.00. The normalized spacial score (nSPS) is 24.4. The number of anilines is 1. The van der Waals surface area contributed by atoms with Crippen LogP contribution in [0.15, 0.2) is 18.5 Å². The lowest BCUT2D eigenvalue weighted by molar-refractivity contribution is -0.120. The first kappa shape index (κ1) is 12.0. The molecule has 92 valence electrons. The zero-order valence-corrected chi connectivity index (χ0v) is 9.53. The van der Waals surface area contributed by atoms with Crippen LogP contribution in [0.5, 0.6) is 0 Å². The van der Waals surface area contributed by atoms with Crippen molar-refractivity contribution in [3.05, 3.63) is 24.3 Å². The van der Waals surface area contributed by atoms with Crippen molar-refractivity contribution in [2.75, 3.05) is 5.32 Å². The Bertz CT molecular complexity index is 410. The van der Waals surface area contributed by atoms with E-state index in [4.69, 9.17) is 5.73 Å². The summed E-state index contributed by atoms with van der Waals surface area (Å²) in [7, 11) is 0. The Hall–Kier alpha value is -1.49. The molecule has 0 aliphatic heterocycles. The molecular weight excluding hydrogens is 221 g/mol. The molecule has 1 fully saturated rings. The van der Waals surface area contributed by atoms with E-state index in [2.05, 4.69) is 10.3 Å². The van der Waals surface area contributed by atoms with Crippen LogP contribution in [0.3, 0.4) is 0 Å². The number of hydrogen-bond acceptors (Lipinski definition) is 3. The van der Waals surface area contributed by atoms with Crippen LogP contribution >= 0.6 is 0 Å². The first-order valence-electron chi connectivity index (χ1n) is 5.83. The highest BCUT2D eigenvalue weighted by molar-refractivity contribution is 5.92. The van der Waals surface area contributed by atoms with E-state index in [9.17, 15) is 9.18 Å². The molecular formula is C12H16FN3O. The summed E-state index contributed by atoms with van der Waals surface area (Å²) in [5.41, 5.74) is 6.01. The Balaban J connectivity index is 1.99. The lowest BCUT2D eigenvalue weighted by Gasteiger charge is -2.25. The maximum absolute atomic E-state index is 13.3. The fourth-order valence-electron chi connectivity index (χ4n) is 2.18. The topological polar surface area (TPSA) is 68.0 Å². The quantitative estimate of drug-likeness (QED) is 0.822. The summed E-state index contributed by atoms with van der Waals surface area (Å²) in [4.78, 5) is 15.5. The zero-order chi connectivity index (χ0) is 12.3. The monoisotopic (exact) mass is 237 g/mol. The third-order valence-corrected chi connectivity index (χ3v) is 3.12. The molecule has 17 heavy (non-hydrogen) atoms. The van der Waals surface area contributed by atoms with Crippen molar-refractivity contribution >= 4 is 11.6 Å². The highest BCUT2D eigenvalue weighted by Crippen LogP contribution is 2.24. The molecule has 0 saturated heterocycles. The molecule has 0 spiro atoms. The summed E-state index contributed by atoms with van der Waals surface area (Å²) in [6, 6.07) is 1.54. The SMILES string of the molecule is NC1CCCC(C(=O)Nc2ccncc2F)C1. The van der Waals surface area contributed by atoms with Gasteiger partial charge < -0.3 is 11.1 Å². The predicted molar refractivity (Wildman–Crippen MR) is 62.8 cm³/mol. The summed E-state index contributed by atoms with van der Waals surface area (Å²) >= 11 is 0. The van der Waals surface area contributed by atoms with Gasteiger partial charge in [-0.15, -0.1) is 0 Å². The van der Waals surface area contributed by atoms with Crippen molar-refractivity contribution in [1.82, 2.24) is 4.98 Å². The minimum absolute atomic E-state index is 0.0850. The Morgan fingerprint density at radius 3 is 3.06 bits per heavy atom. The number of pyridine rings is 1. The summed E-state index contributed by atoms with van der Waals surface area (Å²) in [5.74, 6) is -0.766. The number of nitrogens with one attached hydrogen (secondary N) is 1. The molecule has 2 unspecified atom stereocenters. The van der Waals surface area contributed by atoms with E-state index >= 15 is 0 Å². The number of carbonyl (C=O) groups excluding carboxylic acids is 1. The number of amides is 1. The van der Waals surface area contributed by atoms with Crippen LogP contribution in [0, 0.1) is 11.7 Å². The van der Waals surface area contributed by atoms with E-state index < -0.39 is 5.82 Å². The van der Waals surface area contributed by atoms with E-state index in [1.54, 1.807) is 0 Å². The van der Waals surface area contributed by atoms with Gasteiger partial charge in [0.05, 0.1) is 11.9 Å². The second-order valence-corrected chi connectivity index (χ2v) is 4.47. The first-order valence-corrected chi connectivity index (χ1v) is 5.83.